The predicted octanol–water partition coefficient (Wildman–Crippen LogP) is 3.79. The van der Waals surface area contributed by atoms with E-state index in [4.69, 9.17) is 0 Å². The van der Waals surface area contributed by atoms with E-state index in [9.17, 15) is 22.8 Å². The molecule has 198 valence electrons. The monoisotopic (exact) mass is 525 g/mol. The highest BCUT2D eigenvalue weighted by Gasteiger charge is 2.40. The van der Waals surface area contributed by atoms with Crippen LogP contribution >= 0.6 is 0 Å². The third kappa shape index (κ3) is 5.71. The van der Waals surface area contributed by atoms with Crippen LogP contribution in [0.1, 0.15) is 73.4 Å². The molecule has 0 bridgehead atoms. The molecule has 3 amide bonds. The topological polar surface area (TPSA) is 104 Å². The third-order valence-electron chi connectivity index (χ3n) is 7.35. The van der Waals surface area contributed by atoms with E-state index in [-0.39, 0.29) is 54.2 Å². The van der Waals surface area contributed by atoms with Gasteiger partial charge in [0.1, 0.15) is 10.9 Å². The van der Waals surface area contributed by atoms with Gasteiger partial charge >= 0.3 is 0 Å². The third-order valence-corrected chi connectivity index (χ3v) is 9.19. The second-order valence-electron chi connectivity index (χ2n) is 9.84. The number of benzene rings is 2. The van der Waals surface area contributed by atoms with Gasteiger partial charge in [0, 0.05) is 25.6 Å². The fourth-order valence-electron chi connectivity index (χ4n) is 5.23. The van der Waals surface area contributed by atoms with Crippen LogP contribution in [-0.2, 0) is 26.2 Å². The Bertz CT molecular complexity index is 1270. The number of nitrogens with one attached hydrogen (secondary N) is 1. The molecule has 1 saturated carbocycles. The van der Waals surface area contributed by atoms with E-state index in [0.717, 1.165) is 41.1 Å². The molecule has 0 spiro atoms. The van der Waals surface area contributed by atoms with Crippen molar-refractivity contribution in [3.8, 4) is 0 Å². The molecule has 0 unspecified atom stereocenters. The summed E-state index contributed by atoms with van der Waals surface area (Å²) in [7, 11) is -3.92. The number of carbonyl (C=O) groups excluding carboxylic acids is 3. The first kappa shape index (κ1) is 26.9. The fourth-order valence-corrected chi connectivity index (χ4v) is 6.84. The van der Waals surface area contributed by atoms with Crippen molar-refractivity contribution >= 4 is 27.7 Å². The highest BCUT2D eigenvalue weighted by molar-refractivity contribution is 7.90. The Morgan fingerprint density at radius 3 is 2.43 bits per heavy atom. The molecule has 2 aromatic rings. The minimum atomic E-state index is -3.92. The van der Waals surface area contributed by atoms with E-state index in [1.54, 1.807) is 17.0 Å². The summed E-state index contributed by atoms with van der Waals surface area (Å²) in [5.74, 6) is -0.954. The molecule has 1 aliphatic carbocycles. The lowest BCUT2D eigenvalue weighted by Gasteiger charge is -2.32. The van der Waals surface area contributed by atoms with Crippen LogP contribution in [0.5, 0.6) is 0 Å². The lowest BCUT2D eigenvalue weighted by Crippen LogP contribution is -2.51. The molecule has 9 heteroatoms. The van der Waals surface area contributed by atoms with E-state index >= 15 is 0 Å². The molecule has 4 rings (SSSR count). The van der Waals surface area contributed by atoms with Gasteiger partial charge in [-0.05, 0) is 55.9 Å². The molecule has 1 N–H and O–H groups in total. The van der Waals surface area contributed by atoms with Gasteiger partial charge in [-0.2, -0.15) is 0 Å². The SMILES string of the molecule is CC[C@@H](C(=O)NC1CCCC1)N(Cc1ccccc1C)C(=O)CCCN1C(=O)c2ccccc2S1(=O)=O. The first-order valence-corrected chi connectivity index (χ1v) is 14.5. The van der Waals surface area contributed by atoms with Gasteiger partial charge in [-0.3, -0.25) is 14.4 Å². The Hall–Kier alpha value is -3.20. The van der Waals surface area contributed by atoms with Crippen LogP contribution in [0.15, 0.2) is 53.4 Å². The van der Waals surface area contributed by atoms with E-state index in [1.165, 1.54) is 12.1 Å². The van der Waals surface area contributed by atoms with Gasteiger partial charge in [0.15, 0.2) is 0 Å². The Morgan fingerprint density at radius 2 is 1.76 bits per heavy atom. The average molecular weight is 526 g/mol. The van der Waals surface area contributed by atoms with E-state index < -0.39 is 22.0 Å². The van der Waals surface area contributed by atoms with Crippen LogP contribution in [-0.4, -0.2) is 54.0 Å². The number of hydrogen-bond donors (Lipinski definition) is 1. The number of rotatable bonds is 10. The summed E-state index contributed by atoms with van der Waals surface area (Å²) in [5, 5.41) is 3.13. The van der Waals surface area contributed by atoms with Crippen LogP contribution < -0.4 is 5.32 Å². The summed E-state index contributed by atoms with van der Waals surface area (Å²) in [5.41, 5.74) is 2.14. The van der Waals surface area contributed by atoms with E-state index in [0.29, 0.717) is 6.42 Å². The molecule has 2 aromatic carbocycles. The molecule has 1 heterocycles. The molecule has 1 atom stereocenters. The Balaban J connectivity index is 1.48. The van der Waals surface area contributed by atoms with E-state index in [1.807, 2.05) is 38.1 Å². The largest absolute Gasteiger partial charge is 0.352 e. The van der Waals surface area contributed by atoms with Crippen molar-refractivity contribution in [2.45, 2.75) is 82.3 Å². The van der Waals surface area contributed by atoms with Crippen molar-refractivity contribution in [1.82, 2.24) is 14.5 Å². The predicted molar refractivity (Wildman–Crippen MR) is 140 cm³/mol. The zero-order valence-corrected chi connectivity index (χ0v) is 22.3. The molecular formula is C28H35N3O5S. The van der Waals surface area contributed by atoms with Crippen molar-refractivity contribution in [2.24, 2.45) is 0 Å². The minimum absolute atomic E-state index is 0.00198. The van der Waals surface area contributed by atoms with Crippen LogP contribution in [0.4, 0.5) is 0 Å². The molecule has 37 heavy (non-hydrogen) atoms. The summed E-state index contributed by atoms with van der Waals surface area (Å²) >= 11 is 0. The molecule has 8 nitrogen and oxygen atoms in total. The number of aryl methyl sites for hydroxylation is 1. The fraction of sp³-hybridized carbons (Fsp3) is 0.464. The number of amides is 3. The maximum absolute atomic E-state index is 13.5. The van der Waals surface area contributed by atoms with E-state index in [2.05, 4.69) is 5.32 Å². The molecular weight excluding hydrogens is 490 g/mol. The van der Waals surface area contributed by atoms with Crippen LogP contribution in [0.25, 0.3) is 0 Å². The second kappa shape index (κ2) is 11.5. The average Bonchev–Trinajstić information content (AvgIpc) is 3.45. The lowest BCUT2D eigenvalue weighted by atomic mass is 10.0. The first-order valence-electron chi connectivity index (χ1n) is 13.0. The summed E-state index contributed by atoms with van der Waals surface area (Å²) in [4.78, 5) is 41.1. The van der Waals surface area contributed by atoms with Crippen molar-refractivity contribution in [1.29, 1.82) is 0 Å². The maximum Gasteiger partial charge on any atom is 0.269 e. The molecule has 0 radical (unpaired) electrons. The molecule has 1 fully saturated rings. The lowest BCUT2D eigenvalue weighted by molar-refractivity contribution is -0.141. The number of sulfonamides is 1. The van der Waals surface area contributed by atoms with Crippen molar-refractivity contribution in [3.63, 3.8) is 0 Å². The second-order valence-corrected chi connectivity index (χ2v) is 11.7. The van der Waals surface area contributed by atoms with Gasteiger partial charge in [-0.25, -0.2) is 12.7 Å². The Kier molecular flexibility index (Phi) is 8.32. The summed E-state index contributed by atoms with van der Waals surface area (Å²) in [6.45, 7) is 4.06. The number of carbonyl (C=O) groups is 3. The molecule has 0 aromatic heterocycles. The summed E-state index contributed by atoms with van der Waals surface area (Å²) in [6.07, 6.45) is 4.75. The summed E-state index contributed by atoms with van der Waals surface area (Å²) < 4.78 is 26.5. The highest BCUT2D eigenvalue weighted by atomic mass is 32.2. The van der Waals surface area contributed by atoms with Crippen LogP contribution in [0.3, 0.4) is 0 Å². The van der Waals surface area contributed by atoms with Gasteiger partial charge < -0.3 is 10.2 Å². The van der Waals surface area contributed by atoms with Crippen LogP contribution in [0, 0.1) is 6.92 Å². The first-order chi connectivity index (χ1) is 17.7. The zero-order chi connectivity index (χ0) is 26.6. The summed E-state index contributed by atoms with van der Waals surface area (Å²) in [6, 6.07) is 13.4. The van der Waals surface area contributed by atoms with Gasteiger partial charge in [-0.1, -0.05) is 56.2 Å². The highest BCUT2D eigenvalue weighted by Crippen LogP contribution is 2.30. The van der Waals surface area contributed by atoms with Gasteiger partial charge in [0.05, 0.1) is 5.56 Å². The normalized spacial score (nSPS) is 17.5. The molecule has 1 aliphatic heterocycles. The van der Waals surface area contributed by atoms with Crippen LogP contribution in [0.2, 0.25) is 0 Å². The zero-order valence-electron chi connectivity index (χ0n) is 21.5. The molecule has 2 aliphatic rings. The molecule has 0 saturated heterocycles. The van der Waals surface area contributed by atoms with Crippen molar-refractivity contribution < 1.29 is 22.8 Å². The standard InChI is InChI=1S/C28H35N3O5S/c1-3-24(27(33)29-22-13-6-7-14-22)30(19-21-12-5-4-11-20(21)2)26(32)17-10-18-31-28(34)23-15-8-9-16-25(23)37(31,35)36/h4-5,8-9,11-12,15-16,22,24H,3,6-7,10,13-14,17-19H2,1-2H3,(H,29,33)/t24-/m0/s1. The number of nitrogens with zero attached hydrogens (tertiary/aromatic N) is 2. The number of hydrogen-bond acceptors (Lipinski definition) is 5. The van der Waals surface area contributed by atoms with Gasteiger partial charge in [0.25, 0.3) is 15.9 Å². The smallest absolute Gasteiger partial charge is 0.269 e. The van der Waals surface area contributed by atoms with Gasteiger partial charge in [0.2, 0.25) is 11.8 Å². The van der Waals surface area contributed by atoms with Gasteiger partial charge in [-0.15, -0.1) is 0 Å². The minimum Gasteiger partial charge on any atom is -0.352 e. The Morgan fingerprint density at radius 1 is 1.08 bits per heavy atom. The van der Waals surface area contributed by atoms with Crippen molar-refractivity contribution in [3.05, 3.63) is 65.2 Å². The number of fused-ring (bicyclic) bond motifs is 1. The Labute approximate surface area is 219 Å². The van der Waals surface area contributed by atoms with Crippen molar-refractivity contribution in [2.75, 3.05) is 6.54 Å². The quantitative estimate of drug-likeness (QED) is 0.508. The maximum atomic E-state index is 13.5.